The van der Waals surface area contributed by atoms with Gasteiger partial charge in [0.15, 0.2) is 0 Å². The van der Waals surface area contributed by atoms with Crippen LogP contribution in [-0.2, 0) is 9.31 Å². The number of benzene rings is 1. The fourth-order valence-corrected chi connectivity index (χ4v) is 2.78. The zero-order valence-corrected chi connectivity index (χ0v) is 16.5. The molecular weight excluding hydrogens is 365 g/mol. The minimum Gasteiger partial charge on any atom is -0.399 e. The molecule has 28 heavy (non-hydrogen) atoms. The molecular formula is C20H23BF2N2O3. The van der Waals surface area contributed by atoms with Gasteiger partial charge in [-0.05, 0) is 64.4 Å². The highest BCUT2D eigenvalue weighted by Crippen LogP contribution is 2.36. The lowest BCUT2D eigenvalue weighted by Gasteiger charge is -2.32. The third-order valence-corrected chi connectivity index (χ3v) is 5.25. The SMILES string of the molecule is CC(F)c1ccnc(NC(=O)c2ccc(B3OC(C)(C)C(C)(C)O3)c(F)c2)c1. The van der Waals surface area contributed by atoms with E-state index in [0.717, 1.165) is 6.07 Å². The van der Waals surface area contributed by atoms with Gasteiger partial charge in [-0.3, -0.25) is 4.79 Å². The first-order valence-corrected chi connectivity index (χ1v) is 9.06. The molecule has 2 heterocycles. The van der Waals surface area contributed by atoms with Crippen LogP contribution in [0.25, 0.3) is 0 Å². The maximum atomic E-state index is 14.7. The molecule has 0 saturated carbocycles. The van der Waals surface area contributed by atoms with Crippen LogP contribution < -0.4 is 10.8 Å². The zero-order chi connectivity index (χ0) is 20.7. The molecule has 0 aliphatic carbocycles. The summed E-state index contributed by atoms with van der Waals surface area (Å²) < 4.78 is 39.8. The summed E-state index contributed by atoms with van der Waals surface area (Å²) in [6.07, 6.45) is 0.221. The Kier molecular flexibility index (Phi) is 5.29. The van der Waals surface area contributed by atoms with Crippen LogP contribution in [-0.4, -0.2) is 29.2 Å². The molecule has 1 aromatic heterocycles. The van der Waals surface area contributed by atoms with Gasteiger partial charge in [-0.2, -0.15) is 0 Å². The minimum absolute atomic E-state index is 0.110. The van der Waals surface area contributed by atoms with E-state index in [4.69, 9.17) is 9.31 Å². The Labute approximate surface area is 163 Å². The minimum atomic E-state index is -1.18. The summed E-state index contributed by atoms with van der Waals surface area (Å²) in [4.78, 5) is 16.4. The molecule has 0 radical (unpaired) electrons. The number of carbonyl (C=O) groups excluding carboxylic acids is 1. The maximum absolute atomic E-state index is 14.7. The molecule has 1 N–H and O–H groups in total. The number of pyridine rings is 1. The number of hydrogen-bond donors (Lipinski definition) is 1. The molecule has 1 aromatic carbocycles. The van der Waals surface area contributed by atoms with E-state index in [0.29, 0.717) is 5.56 Å². The second-order valence-corrected chi connectivity index (χ2v) is 7.87. The lowest BCUT2D eigenvalue weighted by Crippen LogP contribution is -2.41. The lowest BCUT2D eigenvalue weighted by molar-refractivity contribution is 0.00578. The van der Waals surface area contributed by atoms with Crippen molar-refractivity contribution in [2.45, 2.75) is 52.0 Å². The highest BCUT2D eigenvalue weighted by atomic mass is 19.1. The topological polar surface area (TPSA) is 60.5 Å². The molecule has 2 aromatic rings. The molecule has 1 aliphatic rings. The van der Waals surface area contributed by atoms with E-state index < -0.39 is 36.2 Å². The number of amides is 1. The summed E-state index contributed by atoms with van der Waals surface area (Å²) in [5, 5.41) is 2.55. The molecule has 0 bridgehead atoms. The predicted molar refractivity (Wildman–Crippen MR) is 104 cm³/mol. The van der Waals surface area contributed by atoms with Crippen molar-refractivity contribution in [3.05, 3.63) is 53.5 Å². The molecule has 1 fully saturated rings. The van der Waals surface area contributed by atoms with Gasteiger partial charge in [0, 0.05) is 17.2 Å². The highest BCUT2D eigenvalue weighted by Gasteiger charge is 2.52. The largest absolute Gasteiger partial charge is 0.497 e. The Morgan fingerprint density at radius 3 is 2.36 bits per heavy atom. The van der Waals surface area contributed by atoms with E-state index in [2.05, 4.69) is 10.3 Å². The Hall–Kier alpha value is -2.32. The molecule has 1 atom stereocenters. The number of nitrogens with one attached hydrogen (secondary N) is 1. The van der Waals surface area contributed by atoms with Crippen molar-refractivity contribution in [2.24, 2.45) is 0 Å². The number of hydrogen-bond acceptors (Lipinski definition) is 4. The van der Waals surface area contributed by atoms with Gasteiger partial charge < -0.3 is 14.6 Å². The molecule has 3 rings (SSSR count). The van der Waals surface area contributed by atoms with E-state index in [9.17, 15) is 13.6 Å². The Bertz CT molecular complexity index is 887. The number of nitrogens with zero attached hydrogens (tertiary/aromatic N) is 1. The van der Waals surface area contributed by atoms with E-state index in [-0.39, 0.29) is 16.8 Å². The number of halogens is 2. The first-order chi connectivity index (χ1) is 13.0. The summed E-state index contributed by atoms with van der Waals surface area (Å²) >= 11 is 0. The van der Waals surface area contributed by atoms with Gasteiger partial charge in [0.2, 0.25) is 0 Å². The van der Waals surface area contributed by atoms with Crippen molar-refractivity contribution in [1.82, 2.24) is 4.98 Å². The molecule has 1 aliphatic heterocycles. The van der Waals surface area contributed by atoms with E-state index in [1.165, 1.54) is 37.4 Å². The highest BCUT2D eigenvalue weighted by molar-refractivity contribution is 6.62. The van der Waals surface area contributed by atoms with Crippen molar-refractivity contribution in [3.63, 3.8) is 0 Å². The van der Waals surface area contributed by atoms with Crippen molar-refractivity contribution in [3.8, 4) is 0 Å². The van der Waals surface area contributed by atoms with Gasteiger partial charge in [0.25, 0.3) is 5.91 Å². The normalized spacial score (nSPS) is 18.8. The first kappa shape index (κ1) is 20.4. The predicted octanol–water partition coefficient (Wildman–Crippen LogP) is 3.80. The molecule has 1 unspecified atom stereocenters. The standard InChI is InChI=1S/C20H23BF2N2O3/c1-12(22)13-8-9-24-17(11-13)25-18(26)14-6-7-15(16(23)10-14)21-27-19(2,3)20(4,5)28-21/h6-12H,1-5H3,(H,24,25,26). The van der Waals surface area contributed by atoms with Crippen LogP contribution in [0.4, 0.5) is 14.6 Å². The average molecular weight is 388 g/mol. The average Bonchev–Trinajstić information content (AvgIpc) is 2.82. The lowest BCUT2D eigenvalue weighted by atomic mass is 9.78. The quantitative estimate of drug-likeness (QED) is 0.810. The fraction of sp³-hybridized carbons (Fsp3) is 0.400. The molecule has 1 saturated heterocycles. The van der Waals surface area contributed by atoms with Gasteiger partial charge in [-0.15, -0.1) is 0 Å². The second kappa shape index (κ2) is 7.26. The molecule has 0 spiro atoms. The van der Waals surface area contributed by atoms with Crippen LogP contribution in [0.3, 0.4) is 0 Å². The van der Waals surface area contributed by atoms with Crippen molar-refractivity contribution in [1.29, 1.82) is 0 Å². The number of rotatable bonds is 4. The van der Waals surface area contributed by atoms with Crippen LogP contribution in [0.15, 0.2) is 36.5 Å². The van der Waals surface area contributed by atoms with Crippen LogP contribution in [0, 0.1) is 5.82 Å². The summed E-state index contributed by atoms with van der Waals surface area (Å²) in [5.74, 6) is -0.955. The van der Waals surface area contributed by atoms with Crippen LogP contribution in [0.1, 0.15) is 56.7 Å². The Balaban J connectivity index is 1.77. The van der Waals surface area contributed by atoms with E-state index >= 15 is 0 Å². The van der Waals surface area contributed by atoms with Gasteiger partial charge in [-0.25, -0.2) is 13.8 Å². The summed E-state index contributed by atoms with van der Waals surface area (Å²) in [6.45, 7) is 8.92. The summed E-state index contributed by atoms with van der Waals surface area (Å²) in [6, 6.07) is 7.05. The number of anilines is 1. The third-order valence-electron chi connectivity index (χ3n) is 5.25. The molecule has 5 nitrogen and oxygen atoms in total. The molecule has 1 amide bonds. The van der Waals surface area contributed by atoms with E-state index in [1.807, 2.05) is 27.7 Å². The van der Waals surface area contributed by atoms with Gasteiger partial charge in [0.1, 0.15) is 17.8 Å². The molecule has 8 heteroatoms. The number of aromatic nitrogens is 1. The first-order valence-electron chi connectivity index (χ1n) is 9.06. The van der Waals surface area contributed by atoms with Crippen LogP contribution in [0.2, 0.25) is 0 Å². The second-order valence-electron chi connectivity index (χ2n) is 7.87. The Morgan fingerprint density at radius 2 is 1.79 bits per heavy atom. The monoisotopic (exact) mass is 388 g/mol. The fourth-order valence-electron chi connectivity index (χ4n) is 2.78. The number of carbonyl (C=O) groups is 1. The van der Waals surface area contributed by atoms with Gasteiger partial charge in [-0.1, -0.05) is 6.07 Å². The summed E-state index contributed by atoms with van der Waals surface area (Å²) in [5.41, 5.74) is -0.457. The maximum Gasteiger partial charge on any atom is 0.497 e. The van der Waals surface area contributed by atoms with Crippen molar-refractivity contribution < 1.29 is 22.9 Å². The zero-order valence-electron chi connectivity index (χ0n) is 16.5. The molecule has 148 valence electrons. The van der Waals surface area contributed by atoms with Crippen molar-refractivity contribution >= 4 is 24.3 Å². The van der Waals surface area contributed by atoms with Crippen LogP contribution >= 0.6 is 0 Å². The third kappa shape index (κ3) is 3.93. The van der Waals surface area contributed by atoms with Crippen molar-refractivity contribution in [2.75, 3.05) is 5.32 Å². The smallest absolute Gasteiger partial charge is 0.399 e. The van der Waals surface area contributed by atoms with Gasteiger partial charge in [0.05, 0.1) is 11.2 Å². The van der Waals surface area contributed by atoms with E-state index in [1.54, 1.807) is 0 Å². The summed E-state index contributed by atoms with van der Waals surface area (Å²) in [7, 11) is -0.855. The van der Waals surface area contributed by atoms with Gasteiger partial charge >= 0.3 is 7.12 Å². The number of alkyl halides is 1. The van der Waals surface area contributed by atoms with Crippen LogP contribution in [0.5, 0.6) is 0 Å². The Morgan fingerprint density at radius 1 is 1.14 bits per heavy atom.